The van der Waals surface area contributed by atoms with Crippen LogP contribution in [0.3, 0.4) is 0 Å². The summed E-state index contributed by atoms with van der Waals surface area (Å²) in [6.45, 7) is 0.160. The van der Waals surface area contributed by atoms with E-state index in [-0.39, 0.29) is 18.0 Å². The molecular formula is C18H17ClN2O2. The molecule has 0 aliphatic heterocycles. The van der Waals surface area contributed by atoms with Crippen molar-refractivity contribution in [3.63, 3.8) is 0 Å². The van der Waals surface area contributed by atoms with Crippen LogP contribution >= 0.6 is 11.6 Å². The Morgan fingerprint density at radius 3 is 2.52 bits per heavy atom. The van der Waals surface area contributed by atoms with Crippen LogP contribution in [0.2, 0.25) is 0 Å². The molecule has 5 heteroatoms. The van der Waals surface area contributed by atoms with Crippen LogP contribution < -0.4 is 5.56 Å². The lowest BCUT2D eigenvalue weighted by Gasteiger charge is -2.14. The third-order valence-corrected chi connectivity index (χ3v) is 4.06. The molecule has 1 unspecified atom stereocenters. The van der Waals surface area contributed by atoms with E-state index in [0.717, 1.165) is 11.1 Å². The Labute approximate surface area is 139 Å². The predicted octanol–water partition coefficient (Wildman–Crippen LogP) is 2.59. The van der Waals surface area contributed by atoms with E-state index in [1.54, 1.807) is 4.57 Å². The highest BCUT2D eigenvalue weighted by Crippen LogP contribution is 2.13. The molecule has 0 saturated carbocycles. The van der Waals surface area contributed by atoms with Crippen LogP contribution in [0.15, 0.2) is 59.4 Å². The van der Waals surface area contributed by atoms with Crippen molar-refractivity contribution >= 4 is 22.6 Å². The average Bonchev–Trinajstić information content (AvgIpc) is 2.59. The van der Waals surface area contributed by atoms with Crippen LogP contribution in [0.25, 0.3) is 11.0 Å². The number of aliphatic hydroxyl groups is 1. The zero-order valence-electron chi connectivity index (χ0n) is 12.5. The van der Waals surface area contributed by atoms with Gasteiger partial charge in [0, 0.05) is 6.42 Å². The summed E-state index contributed by atoms with van der Waals surface area (Å²) in [6.07, 6.45) is -0.314. The fraction of sp³-hybridized carbons (Fsp3) is 0.222. The van der Waals surface area contributed by atoms with Gasteiger partial charge in [-0.25, -0.2) is 4.98 Å². The summed E-state index contributed by atoms with van der Waals surface area (Å²) in [5, 5.41) is 9.86. The topological polar surface area (TPSA) is 55.1 Å². The first-order chi connectivity index (χ1) is 11.2. The Balaban J connectivity index is 2.12. The molecular weight excluding hydrogens is 312 g/mol. The molecule has 0 aliphatic carbocycles. The Hall–Kier alpha value is -2.17. The molecule has 2 aromatic carbocycles. The van der Waals surface area contributed by atoms with Crippen molar-refractivity contribution in [1.82, 2.24) is 9.55 Å². The molecule has 1 N–H and O–H groups in total. The van der Waals surface area contributed by atoms with E-state index in [1.165, 1.54) is 0 Å². The molecule has 0 bridgehead atoms. The van der Waals surface area contributed by atoms with E-state index in [4.69, 9.17) is 11.6 Å². The van der Waals surface area contributed by atoms with E-state index in [9.17, 15) is 9.90 Å². The fourth-order valence-corrected chi connectivity index (χ4v) is 2.69. The molecule has 0 saturated heterocycles. The molecule has 0 spiro atoms. The van der Waals surface area contributed by atoms with Gasteiger partial charge in [-0.15, -0.1) is 11.6 Å². The quantitative estimate of drug-likeness (QED) is 0.732. The highest BCUT2D eigenvalue weighted by molar-refractivity contribution is 6.18. The number of aromatic nitrogens is 2. The van der Waals surface area contributed by atoms with Crippen molar-refractivity contribution in [2.45, 2.75) is 19.1 Å². The van der Waals surface area contributed by atoms with Gasteiger partial charge in [0.15, 0.2) is 0 Å². The molecule has 23 heavy (non-hydrogen) atoms. The van der Waals surface area contributed by atoms with Crippen LogP contribution in [0.5, 0.6) is 0 Å². The third-order valence-electron chi connectivity index (χ3n) is 3.71. The van der Waals surface area contributed by atoms with E-state index >= 15 is 0 Å². The molecule has 1 atom stereocenters. The zero-order chi connectivity index (χ0) is 16.2. The molecule has 3 aromatic rings. The van der Waals surface area contributed by atoms with E-state index in [2.05, 4.69) is 4.98 Å². The van der Waals surface area contributed by atoms with Crippen LogP contribution in [-0.4, -0.2) is 26.6 Å². The summed E-state index contributed by atoms with van der Waals surface area (Å²) in [4.78, 5) is 17.3. The van der Waals surface area contributed by atoms with E-state index in [1.807, 2.05) is 54.6 Å². The number of benzene rings is 2. The average molecular weight is 329 g/mol. The van der Waals surface area contributed by atoms with Gasteiger partial charge in [-0.1, -0.05) is 42.5 Å². The van der Waals surface area contributed by atoms with Crippen molar-refractivity contribution < 1.29 is 5.11 Å². The van der Waals surface area contributed by atoms with Crippen molar-refractivity contribution in [3.05, 3.63) is 76.2 Å². The molecule has 1 heterocycles. The monoisotopic (exact) mass is 328 g/mol. The van der Waals surface area contributed by atoms with Gasteiger partial charge in [0.1, 0.15) is 5.69 Å². The first-order valence-electron chi connectivity index (χ1n) is 7.45. The molecule has 4 nitrogen and oxygen atoms in total. The number of aliphatic hydroxyl groups excluding tert-OH is 1. The molecule has 0 aliphatic rings. The molecule has 0 fully saturated rings. The molecule has 3 rings (SSSR count). The normalized spacial score (nSPS) is 12.4. The van der Waals surface area contributed by atoms with Crippen LogP contribution in [0, 0.1) is 0 Å². The lowest BCUT2D eigenvalue weighted by atomic mass is 10.1. The van der Waals surface area contributed by atoms with Gasteiger partial charge in [-0.05, 0) is 17.7 Å². The third kappa shape index (κ3) is 3.44. The second kappa shape index (κ2) is 6.94. The highest BCUT2D eigenvalue weighted by atomic mass is 35.5. The summed E-state index contributed by atoms with van der Waals surface area (Å²) in [7, 11) is 0. The predicted molar refractivity (Wildman–Crippen MR) is 92.0 cm³/mol. The minimum Gasteiger partial charge on any atom is -0.390 e. The fourth-order valence-electron chi connectivity index (χ4n) is 2.59. The van der Waals surface area contributed by atoms with Crippen molar-refractivity contribution in [2.75, 3.05) is 5.88 Å². The minimum absolute atomic E-state index is 0.0805. The summed E-state index contributed by atoms with van der Waals surface area (Å²) >= 11 is 5.69. The number of halogens is 1. The number of para-hydroxylation sites is 2. The molecule has 0 amide bonds. The lowest BCUT2D eigenvalue weighted by molar-refractivity contribution is 0.177. The SMILES string of the molecule is O=c1c(Cc2ccccc2)nc2ccccc2n1CC(O)CCl. The molecule has 0 radical (unpaired) electrons. The van der Waals surface area contributed by atoms with Crippen molar-refractivity contribution in [1.29, 1.82) is 0 Å². The van der Waals surface area contributed by atoms with E-state index in [0.29, 0.717) is 17.6 Å². The van der Waals surface area contributed by atoms with Gasteiger partial charge in [-0.3, -0.25) is 4.79 Å². The Morgan fingerprint density at radius 1 is 1.09 bits per heavy atom. The Kier molecular flexibility index (Phi) is 4.74. The zero-order valence-corrected chi connectivity index (χ0v) is 13.3. The van der Waals surface area contributed by atoms with Gasteiger partial charge in [0.25, 0.3) is 5.56 Å². The van der Waals surface area contributed by atoms with Crippen LogP contribution in [0.1, 0.15) is 11.3 Å². The largest absolute Gasteiger partial charge is 0.390 e. The first-order valence-corrected chi connectivity index (χ1v) is 7.99. The van der Waals surface area contributed by atoms with Crippen LogP contribution in [0.4, 0.5) is 0 Å². The van der Waals surface area contributed by atoms with Gasteiger partial charge in [0.05, 0.1) is 29.6 Å². The Bertz CT molecular complexity index is 862. The van der Waals surface area contributed by atoms with Gasteiger partial charge >= 0.3 is 0 Å². The number of rotatable bonds is 5. The Morgan fingerprint density at radius 2 is 1.78 bits per heavy atom. The van der Waals surface area contributed by atoms with E-state index < -0.39 is 6.10 Å². The summed E-state index contributed by atoms with van der Waals surface area (Å²) < 4.78 is 1.56. The van der Waals surface area contributed by atoms with Crippen LogP contribution in [-0.2, 0) is 13.0 Å². The summed E-state index contributed by atoms with van der Waals surface area (Å²) in [6, 6.07) is 17.2. The summed E-state index contributed by atoms with van der Waals surface area (Å²) in [5.74, 6) is 0.0805. The maximum absolute atomic E-state index is 12.8. The maximum atomic E-state index is 12.8. The number of hydrogen-bond donors (Lipinski definition) is 1. The number of fused-ring (bicyclic) bond motifs is 1. The number of nitrogens with zero attached hydrogens (tertiary/aromatic N) is 2. The standard InChI is InChI=1S/C18H17ClN2O2/c19-11-14(22)12-21-17-9-5-4-8-15(17)20-16(18(21)23)10-13-6-2-1-3-7-13/h1-9,14,22H,10-12H2. The van der Waals surface area contributed by atoms with Gasteiger partial charge in [0.2, 0.25) is 0 Å². The second-order valence-corrected chi connectivity index (χ2v) is 5.74. The number of hydrogen-bond acceptors (Lipinski definition) is 3. The van der Waals surface area contributed by atoms with Gasteiger partial charge in [-0.2, -0.15) is 0 Å². The van der Waals surface area contributed by atoms with Gasteiger partial charge < -0.3 is 9.67 Å². The maximum Gasteiger partial charge on any atom is 0.273 e. The first kappa shape index (κ1) is 15.7. The highest BCUT2D eigenvalue weighted by Gasteiger charge is 2.14. The number of alkyl halides is 1. The second-order valence-electron chi connectivity index (χ2n) is 5.43. The molecule has 118 valence electrons. The van der Waals surface area contributed by atoms with Crippen molar-refractivity contribution in [2.24, 2.45) is 0 Å². The van der Waals surface area contributed by atoms with Crippen molar-refractivity contribution in [3.8, 4) is 0 Å². The smallest absolute Gasteiger partial charge is 0.273 e. The lowest BCUT2D eigenvalue weighted by Crippen LogP contribution is -2.31. The molecule has 1 aromatic heterocycles. The summed E-state index contributed by atoms with van der Waals surface area (Å²) in [5.41, 5.74) is 2.75. The minimum atomic E-state index is -0.773.